The summed E-state index contributed by atoms with van der Waals surface area (Å²) in [5, 5.41) is 6.54. The average Bonchev–Trinajstić information content (AvgIpc) is 2.87. The fourth-order valence-electron chi connectivity index (χ4n) is 2.45. The van der Waals surface area contributed by atoms with Crippen molar-refractivity contribution in [3.63, 3.8) is 0 Å². The Balaban J connectivity index is 2.02. The number of hydrogen-bond acceptors (Lipinski definition) is 6. The summed E-state index contributed by atoms with van der Waals surface area (Å²) >= 11 is 0. The number of methoxy groups -OCH3 is 1. The fourth-order valence-corrected chi connectivity index (χ4v) is 3.68. The number of aromatic nitrogens is 1. The largest absolute Gasteiger partial charge is 0.383 e. The number of amides is 1. The highest BCUT2D eigenvalue weighted by Gasteiger charge is 2.18. The van der Waals surface area contributed by atoms with Crippen molar-refractivity contribution >= 4 is 21.6 Å². The molecule has 1 aromatic heterocycles. The second-order valence-corrected chi connectivity index (χ2v) is 7.74. The first-order chi connectivity index (χ1) is 12.2. The van der Waals surface area contributed by atoms with Crippen molar-refractivity contribution in [2.45, 2.75) is 38.1 Å². The lowest BCUT2D eigenvalue weighted by Gasteiger charge is -2.13. The molecule has 0 bridgehead atoms. The van der Waals surface area contributed by atoms with Crippen LogP contribution in [0, 0.1) is 13.8 Å². The third-order valence-electron chi connectivity index (χ3n) is 3.74. The van der Waals surface area contributed by atoms with Gasteiger partial charge >= 0.3 is 0 Å². The van der Waals surface area contributed by atoms with E-state index in [0.29, 0.717) is 17.1 Å². The summed E-state index contributed by atoms with van der Waals surface area (Å²) in [5.74, 6) is 0.372. The van der Waals surface area contributed by atoms with Gasteiger partial charge in [0.05, 0.1) is 23.6 Å². The highest BCUT2D eigenvalue weighted by Crippen LogP contribution is 2.17. The lowest BCUT2D eigenvalue weighted by atomic mass is 10.1. The lowest BCUT2D eigenvalue weighted by Crippen LogP contribution is -2.35. The summed E-state index contributed by atoms with van der Waals surface area (Å²) < 4.78 is 37.0. The maximum absolute atomic E-state index is 12.3. The summed E-state index contributed by atoms with van der Waals surface area (Å²) in [6.45, 7) is 5.51. The van der Waals surface area contributed by atoms with Gasteiger partial charge < -0.3 is 14.6 Å². The van der Waals surface area contributed by atoms with E-state index in [2.05, 4.69) is 15.2 Å². The Labute approximate surface area is 153 Å². The maximum Gasteiger partial charge on any atom is 0.240 e. The smallest absolute Gasteiger partial charge is 0.240 e. The summed E-state index contributed by atoms with van der Waals surface area (Å²) in [5.41, 5.74) is 1.93. The molecule has 1 amide bonds. The number of ether oxygens (including phenoxy) is 1. The zero-order valence-electron chi connectivity index (χ0n) is 15.2. The highest BCUT2D eigenvalue weighted by molar-refractivity contribution is 7.89. The number of nitrogens with zero attached hydrogens (tertiary/aromatic N) is 1. The summed E-state index contributed by atoms with van der Waals surface area (Å²) in [4.78, 5) is 12.3. The van der Waals surface area contributed by atoms with Crippen molar-refractivity contribution in [3.05, 3.63) is 41.3 Å². The van der Waals surface area contributed by atoms with Gasteiger partial charge in [-0.05, 0) is 45.0 Å². The Bertz CT molecular complexity index is 840. The molecule has 142 valence electrons. The van der Waals surface area contributed by atoms with Crippen LogP contribution in [-0.4, -0.2) is 39.2 Å². The van der Waals surface area contributed by atoms with Crippen LogP contribution in [0.3, 0.4) is 0 Å². The quantitative estimate of drug-likeness (QED) is 0.721. The molecule has 0 saturated heterocycles. The Hall–Kier alpha value is -2.23. The van der Waals surface area contributed by atoms with E-state index >= 15 is 0 Å². The Morgan fingerprint density at radius 2 is 1.92 bits per heavy atom. The van der Waals surface area contributed by atoms with E-state index in [1.807, 2.05) is 0 Å². The van der Waals surface area contributed by atoms with Crippen LogP contribution in [-0.2, 0) is 26.0 Å². The van der Waals surface area contributed by atoms with E-state index in [4.69, 9.17) is 9.26 Å². The molecule has 1 heterocycles. The topological polar surface area (TPSA) is 111 Å². The summed E-state index contributed by atoms with van der Waals surface area (Å²) in [7, 11) is -2.14. The molecule has 0 aliphatic rings. The zero-order chi connectivity index (χ0) is 19.3. The van der Waals surface area contributed by atoms with E-state index in [1.165, 1.54) is 19.2 Å². The Morgan fingerprint density at radius 3 is 2.46 bits per heavy atom. The normalized spacial score (nSPS) is 12.8. The standard InChI is InChI=1S/C17H23N3O5S/c1-11(10-24-4)20-26(22,23)15-7-5-14(6-8-15)18-17(21)9-16-12(2)19-25-13(16)3/h5-8,11,20H,9-10H2,1-4H3,(H,18,21)/t11-/m0/s1. The Kier molecular flexibility index (Phi) is 6.52. The number of benzene rings is 1. The molecule has 0 radical (unpaired) electrons. The first kappa shape index (κ1) is 20.1. The third kappa shape index (κ3) is 5.13. The number of hydrogen-bond donors (Lipinski definition) is 2. The summed E-state index contributed by atoms with van der Waals surface area (Å²) in [6.07, 6.45) is 0.136. The Morgan fingerprint density at radius 1 is 1.27 bits per heavy atom. The number of aryl methyl sites for hydroxylation is 2. The van der Waals surface area contributed by atoms with Crippen molar-refractivity contribution in [3.8, 4) is 0 Å². The molecule has 8 nitrogen and oxygen atoms in total. The lowest BCUT2D eigenvalue weighted by molar-refractivity contribution is -0.115. The van der Waals surface area contributed by atoms with Crippen LogP contribution in [0.4, 0.5) is 5.69 Å². The first-order valence-electron chi connectivity index (χ1n) is 8.06. The predicted molar refractivity (Wildman–Crippen MR) is 96.4 cm³/mol. The van der Waals surface area contributed by atoms with Crippen LogP contribution in [0.1, 0.15) is 23.9 Å². The number of nitrogens with one attached hydrogen (secondary N) is 2. The molecule has 2 N–H and O–H groups in total. The van der Waals surface area contributed by atoms with E-state index in [-0.39, 0.29) is 29.9 Å². The number of anilines is 1. The molecule has 0 aliphatic carbocycles. The molecule has 0 spiro atoms. The van der Waals surface area contributed by atoms with Crippen molar-refractivity contribution in [2.75, 3.05) is 19.0 Å². The minimum absolute atomic E-state index is 0.115. The van der Waals surface area contributed by atoms with Crippen LogP contribution < -0.4 is 10.0 Å². The fraction of sp³-hybridized carbons (Fsp3) is 0.412. The van der Waals surface area contributed by atoms with Gasteiger partial charge in [-0.2, -0.15) is 0 Å². The van der Waals surface area contributed by atoms with Crippen LogP contribution in [0.2, 0.25) is 0 Å². The van der Waals surface area contributed by atoms with Gasteiger partial charge in [-0.3, -0.25) is 4.79 Å². The molecule has 9 heteroatoms. The molecule has 0 saturated carbocycles. The molecular formula is C17H23N3O5S. The average molecular weight is 381 g/mol. The predicted octanol–water partition coefficient (Wildman–Crippen LogP) is 1.79. The summed E-state index contributed by atoms with van der Waals surface area (Å²) in [6, 6.07) is 5.61. The van der Waals surface area contributed by atoms with Gasteiger partial charge in [0.1, 0.15) is 5.76 Å². The van der Waals surface area contributed by atoms with Gasteiger partial charge in [0.15, 0.2) is 0 Å². The second kappa shape index (κ2) is 8.43. The molecule has 1 aromatic carbocycles. The van der Waals surface area contributed by atoms with E-state index in [9.17, 15) is 13.2 Å². The molecule has 0 aliphatic heterocycles. The van der Waals surface area contributed by atoms with Crippen molar-refractivity contribution < 1.29 is 22.5 Å². The van der Waals surface area contributed by atoms with Gasteiger partial charge in [0, 0.05) is 24.4 Å². The maximum atomic E-state index is 12.3. The third-order valence-corrected chi connectivity index (χ3v) is 5.35. The van der Waals surface area contributed by atoms with Crippen LogP contribution in [0.5, 0.6) is 0 Å². The van der Waals surface area contributed by atoms with E-state index in [1.54, 1.807) is 32.9 Å². The van der Waals surface area contributed by atoms with Crippen molar-refractivity contribution in [1.82, 2.24) is 9.88 Å². The van der Waals surface area contributed by atoms with Crippen LogP contribution >= 0.6 is 0 Å². The number of sulfonamides is 1. The first-order valence-corrected chi connectivity index (χ1v) is 9.54. The van der Waals surface area contributed by atoms with Gasteiger partial charge in [0.25, 0.3) is 0 Å². The van der Waals surface area contributed by atoms with Gasteiger partial charge in [-0.15, -0.1) is 0 Å². The van der Waals surface area contributed by atoms with E-state index in [0.717, 1.165) is 5.56 Å². The SMILES string of the molecule is COC[C@H](C)NS(=O)(=O)c1ccc(NC(=O)Cc2c(C)noc2C)cc1. The zero-order valence-corrected chi connectivity index (χ0v) is 16.0. The molecule has 2 aromatic rings. The van der Waals surface area contributed by atoms with Crippen molar-refractivity contribution in [2.24, 2.45) is 0 Å². The van der Waals surface area contributed by atoms with Gasteiger partial charge in [0.2, 0.25) is 15.9 Å². The number of rotatable bonds is 8. The second-order valence-electron chi connectivity index (χ2n) is 6.03. The van der Waals surface area contributed by atoms with Crippen LogP contribution in [0.15, 0.2) is 33.7 Å². The van der Waals surface area contributed by atoms with Crippen LogP contribution in [0.25, 0.3) is 0 Å². The van der Waals surface area contributed by atoms with E-state index < -0.39 is 10.0 Å². The molecule has 1 atom stereocenters. The minimum atomic E-state index is -3.64. The number of carbonyl (C=O) groups is 1. The highest BCUT2D eigenvalue weighted by atomic mass is 32.2. The van der Waals surface area contributed by atoms with Gasteiger partial charge in [-0.1, -0.05) is 5.16 Å². The molecule has 0 unspecified atom stereocenters. The van der Waals surface area contributed by atoms with Crippen molar-refractivity contribution in [1.29, 1.82) is 0 Å². The molecule has 2 rings (SSSR count). The number of carbonyl (C=O) groups excluding carboxylic acids is 1. The minimum Gasteiger partial charge on any atom is -0.383 e. The molecule has 0 fully saturated rings. The van der Waals surface area contributed by atoms with Gasteiger partial charge in [-0.25, -0.2) is 13.1 Å². The monoisotopic (exact) mass is 381 g/mol. The molecular weight excluding hydrogens is 358 g/mol. The molecule has 26 heavy (non-hydrogen) atoms.